The van der Waals surface area contributed by atoms with Gasteiger partial charge in [-0.1, -0.05) is 25.7 Å². The van der Waals surface area contributed by atoms with Crippen molar-refractivity contribution in [3.63, 3.8) is 0 Å². The molecule has 1 amide bonds. The molecule has 0 bridgehead atoms. The smallest absolute Gasteiger partial charge is 0.270 e. The fourth-order valence-corrected chi connectivity index (χ4v) is 5.39. The first-order valence-electron chi connectivity index (χ1n) is 9.01. The number of sulfone groups is 1. The molecule has 1 N–H and O–H groups in total. The summed E-state index contributed by atoms with van der Waals surface area (Å²) < 4.78 is 23.4. The van der Waals surface area contributed by atoms with Crippen LogP contribution in [0, 0.1) is 0 Å². The average molecular weight is 366 g/mol. The minimum Gasteiger partial charge on any atom is -0.356 e. The van der Waals surface area contributed by atoms with Crippen LogP contribution in [0.1, 0.15) is 55.4 Å². The number of anilines is 1. The molecule has 7 nitrogen and oxygen atoms in total. The van der Waals surface area contributed by atoms with E-state index in [0.717, 1.165) is 25.7 Å². The van der Waals surface area contributed by atoms with Gasteiger partial charge in [-0.05, 0) is 19.3 Å². The maximum atomic E-state index is 12.5. The number of rotatable bonds is 4. The Morgan fingerprint density at radius 2 is 1.88 bits per heavy atom. The number of nitrogens with zero attached hydrogens (tertiary/aromatic N) is 3. The molecule has 0 radical (unpaired) electrons. The highest BCUT2D eigenvalue weighted by Gasteiger charge is 2.31. The molecule has 1 aromatic rings. The number of aromatic nitrogens is 2. The van der Waals surface area contributed by atoms with Crippen molar-refractivity contribution in [2.75, 3.05) is 23.5 Å². The summed E-state index contributed by atoms with van der Waals surface area (Å²) in [5, 5.41) is 3.08. The minimum absolute atomic E-state index is 0.0994. The van der Waals surface area contributed by atoms with Gasteiger partial charge < -0.3 is 10.2 Å². The van der Waals surface area contributed by atoms with E-state index in [0.29, 0.717) is 17.9 Å². The topological polar surface area (TPSA) is 92.3 Å². The van der Waals surface area contributed by atoms with Gasteiger partial charge in [-0.3, -0.25) is 4.79 Å². The molecule has 1 aliphatic heterocycles. The molecule has 0 aromatic carbocycles. The van der Waals surface area contributed by atoms with Crippen LogP contribution in [-0.4, -0.2) is 54.9 Å². The highest BCUT2D eigenvalue weighted by Crippen LogP contribution is 2.22. The van der Waals surface area contributed by atoms with Crippen molar-refractivity contribution in [2.24, 2.45) is 0 Å². The van der Waals surface area contributed by atoms with E-state index in [1.807, 2.05) is 11.9 Å². The van der Waals surface area contributed by atoms with Crippen LogP contribution in [0.25, 0.3) is 0 Å². The fourth-order valence-electron chi connectivity index (χ4n) is 3.62. The van der Waals surface area contributed by atoms with Gasteiger partial charge in [0.05, 0.1) is 11.5 Å². The number of hydrogen-bond acceptors (Lipinski definition) is 6. The minimum atomic E-state index is -2.96. The van der Waals surface area contributed by atoms with Gasteiger partial charge in [0.15, 0.2) is 9.84 Å². The van der Waals surface area contributed by atoms with E-state index in [9.17, 15) is 13.2 Å². The monoisotopic (exact) mass is 366 g/mol. The second kappa shape index (κ2) is 7.68. The van der Waals surface area contributed by atoms with Gasteiger partial charge >= 0.3 is 0 Å². The van der Waals surface area contributed by atoms with E-state index in [1.165, 1.54) is 19.2 Å². The first-order chi connectivity index (χ1) is 11.9. The zero-order chi connectivity index (χ0) is 17.9. The molecule has 0 spiro atoms. The van der Waals surface area contributed by atoms with E-state index >= 15 is 0 Å². The normalized spacial score (nSPS) is 23.8. The SMILES string of the molecule is CN(c1cc(C(=O)NC2CCCCCC2)ncn1)C1CCS(=O)(=O)C1. The van der Waals surface area contributed by atoms with Crippen LogP contribution >= 0.6 is 0 Å². The van der Waals surface area contributed by atoms with Crippen LogP contribution in [0.4, 0.5) is 5.82 Å². The van der Waals surface area contributed by atoms with Crippen molar-refractivity contribution in [1.29, 1.82) is 0 Å². The van der Waals surface area contributed by atoms with Gasteiger partial charge in [0.1, 0.15) is 17.8 Å². The third-order valence-corrected chi connectivity index (χ3v) is 6.94. The van der Waals surface area contributed by atoms with Crippen LogP contribution < -0.4 is 10.2 Å². The third-order valence-electron chi connectivity index (χ3n) is 5.19. The molecule has 138 valence electrons. The summed E-state index contributed by atoms with van der Waals surface area (Å²) in [6.07, 6.45) is 8.77. The summed E-state index contributed by atoms with van der Waals surface area (Å²) in [6.45, 7) is 0. The largest absolute Gasteiger partial charge is 0.356 e. The van der Waals surface area contributed by atoms with Gasteiger partial charge in [0.25, 0.3) is 5.91 Å². The van der Waals surface area contributed by atoms with E-state index < -0.39 is 9.84 Å². The fraction of sp³-hybridized carbons (Fsp3) is 0.706. The molecule has 1 aromatic heterocycles. The van der Waals surface area contributed by atoms with Crippen molar-refractivity contribution >= 4 is 21.6 Å². The molecule has 2 heterocycles. The first-order valence-corrected chi connectivity index (χ1v) is 10.8. The van der Waals surface area contributed by atoms with E-state index in [4.69, 9.17) is 0 Å². The lowest BCUT2D eigenvalue weighted by atomic mass is 10.1. The number of nitrogens with one attached hydrogen (secondary N) is 1. The lowest BCUT2D eigenvalue weighted by Crippen LogP contribution is -2.36. The Morgan fingerprint density at radius 3 is 2.52 bits per heavy atom. The number of carbonyl (C=O) groups is 1. The highest BCUT2D eigenvalue weighted by atomic mass is 32.2. The molecule has 3 rings (SSSR count). The number of carbonyl (C=O) groups excluding carboxylic acids is 1. The number of amides is 1. The summed E-state index contributed by atoms with van der Waals surface area (Å²) >= 11 is 0. The van der Waals surface area contributed by atoms with Crippen LogP contribution in [0.2, 0.25) is 0 Å². The quantitative estimate of drug-likeness (QED) is 0.813. The zero-order valence-electron chi connectivity index (χ0n) is 14.6. The second-order valence-electron chi connectivity index (χ2n) is 7.09. The summed E-state index contributed by atoms with van der Waals surface area (Å²) in [4.78, 5) is 22.7. The molecular formula is C17H26N4O3S. The van der Waals surface area contributed by atoms with Crippen molar-refractivity contribution in [1.82, 2.24) is 15.3 Å². The van der Waals surface area contributed by atoms with Gasteiger partial charge in [0.2, 0.25) is 0 Å². The Balaban J connectivity index is 1.67. The Labute approximate surface area is 149 Å². The molecule has 1 saturated carbocycles. The van der Waals surface area contributed by atoms with E-state index in [2.05, 4.69) is 15.3 Å². The molecule has 1 saturated heterocycles. The lowest BCUT2D eigenvalue weighted by Gasteiger charge is -2.24. The van der Waals surface area contributed by atoms with E-state index in [1.54, 1.807) is 6.07 Å². The molecule has 1 unspecified atom stereocenters. The summed E-state index contributed by atoms with van der Waals surface area (Å²) in [6, 6.07) is 1.76. The van der Waals surface area contributed by atoms with Crippen molar-refractivity contribution in [3.05, 3.63) is 18.1 Å². The van der Waals surface area contributed by atoms with Crippen molar-refractivity contribution in [2.45, 2.75) is 57.0 Å². The maximum absolute atomic E-state index is 12.5. The predicted octanol–water partition coefficient (Wildman–Crippen LogP) is 1.55. The van der Waals surface area contributed by atoms with Crippen LogP contribution in [0.5, 0.6) is 0 Å². The molecular weight excluding hydrogens is 340 g/mol. The van der Waals surface area contributed by atoms with Crippen LogP contribution in [0.15, 0.2) is 12.4 Å². The maximum Gasteiger partial charge on any atom is 0.270 e. The average Bonchev–Trinajstić information content (AvgIpc) is 2.80. The molecule has 1 aliphatic carbocycles. The van der Waals surface area contributed by atoms with Crippen molar-refractivity contribution < 1.29 is 13.2 Å². The summed E-state index contributed by atoms with van der Waals surface area (Å²) in [5.41, 5.74) is 0.335. The molecule has 2 fully saturated rings. The predicted molar refractivity (Wildman–Crippen MR) is 96.5 cm³/mol. The summed E-state index contributed by atoms with van der Waals surface area (Å²) in [5.74, 6) is 0.755. The number of hydrogen-bond donors (Lipinski definition) is 1. The molecule has 25 heavy (non-hydrogen) atoms. The Kier molecular flexibility index (Phi) is 5.56. The van der Waals surface area contributed by atoms with Gasteiger partial charge in [-0.25, -0.2) is 18.4 Å². The zero-order valence-corrected chi connectivity index (χ0v) is 15.5. The third kappa shape index (κ3) is 4.68. The highest BCUT2D eigenvalue weighted by molar-refractivity contribution is 7.91. The van der Waals surface area contributed by atoms with Crippen LogP contribution in [-0.2, 0) is 9.84 Å². The van der Waals surface area contributed by atoms with E-state index in [-0.39, 0.29) is 29.5 Å². The standard InChI is InChI=1S/C17H26N4O3S/c1-21(14-8-9-25(23,24)11-14)16-10-15(18-12-19-16)17(22)20-13-6-4-2-3-5-7-13/h10,12-14H,2-9,11H2,1H3,(H,20,22). The van der Waals surface area contributed by atoms with Gasteiger partial charge in [-0.15, -0.1) is 0 Å². The van der Waals surface area contributed by atoms with Gasteiger partial charge in [-0.2, -0.15) is 0 Å². The van der Waals surface area contributed by atoms with Crippen molar-refractivity contribution in [3.8, 4) is 0 Å². The Bertz CT molecular complexity index is 714. The molecule has 1 atom stereocenters. The Hall–Kier alpha value is -1.70. The van der Waals surface area contributed by atoms with Crippen LogP contribution in [0.3, 0.4) is 0 Å². The first kappa shape index (κ1) is 18.1. The molecule has 8 heteroatoms. The Morgan fingerprint density at radius 1 is 1.16 bits per heavy atom. The molecule has 2 aliphatic rings. The summed E-state index contributed by atoms with van der Waals surface area (Å²) in [7, 11) is -1.14. The second-order valence-corrected chi connectivity index (χ2v) is 9.32. The lowest BCUT2D eigenvalue weighted by molar-refractivity contribution is 0.0928. The van der Waals surface area contributed by atoms with Gasteiger partial charge in [0, 0.05) is 25.2 Å².